The molecule has 1 aromatic heterocycles. The van der Waals surface area contributed by atoms with Gasteiger partial charge in [-0.15, -0.1) is 0 Å². The number of carbonyl (C=O) groups is 1. The van der Waals surface area contributed by atoms with E-state index in [4.69, 9.17) is 4.74 Å². The number of hydrogen-bond donors (Lipinski definition) is 0. The summed E-state index contributed by atoms with van der Waals surface area (Å²) in [6.45, 7) is 8.34. The van der Waals surface area contributed by atoms with E-state index in [2.05, 4.69) is 36.6 Å². The molecule has 1 aromatic carbocycles. The molecule has 0 aliphatic heterocycles. The molecule has 2 aromatic rings. The van der Waals surface area contributed by atoms with Gasteiger partial charge in [0.05, 0.1) is 12.7 Å². The van der Waals surface area contributed by atoms with E-state index in [0.717, 1.165) is 30.9 Å². The number of amides is 1. The standard InChI is InChI=1S/C20H26F2N2O2S/c1-6-7-8-14-12-24(20(2,3)4)27-19(14)23-18(25)15-11-13(17(21)22)9-10-16(15)26-5/h9-12,17H,6-8H2,1-5H3. The van der Waals surface area contributed by atoms with Gasteiger partial charge < -0.3 is 4.74 Å². The number of unbranched alkanes of at least 4 members (excludes halogenated alkanes) is 1. The van der Waals surface area contributed by atoms with Crippen molar-refractivity contribution in [2.75, 3.05) is 7.11 Å². The molecule has 0 fully saturated rings. The minimum absolute atomic E-state index is 0.0486. The SMILES string of the molecule is CCCCc1cn(C(C)(C)C)sc1=NC(=O)c1cc(C(F)F)ccc1OC. The number of carbonyl (C=O) groups excluding carboxylic acids is 1. The minimum atomic E-state index is -2.66. The van der Waals surface area contributed by atoms with E-state index >= 15 is 0 Å². The largest absolute Gasteiger partial charge is 0.496 e. The van der Waals surface area contributed by atoms with Gasteiger partial charge in [0.1, 0.15) is 10.4 Å². The van der Waals surface area contributed by atoms with Gasteiger partial charge in [0.2, 0.25) is 0 Å². The Bertz CT molecular complexity index is 864. The summed E-state index contributed by atoms with van der Waals surface area (Å²) in [6, 6.07) is 3.80. The Balaban J connectivity index is 2.53. The summed E-state index contributed by atoms with van der Waals surface area (Å²) in [4.78, 5) is 17.0. The van der Waals surface area contributed by atoms with Crippen LogP contribution in [0.15, 0.2) is 29.4 Å². The number of ether oxygens (including phenoxy) is 1. The van der Waals surface area contributed by atoms with Crippen LogP contribution in [0.2, 0.25) is 0 Å². The molecule has 0 saturated carbocycles. The molecule has 0 aliphatic carbocycles. The van der Waals surface area contributed by atoms with Gasteiger partial charge >= 0.3 is 0 Å². The molecular weight excluding hydrogens is 370 g/mol. The maximum absolute atomic E-state index is 13.0. The van der Waals surface area contributed by atoms with Gasteiger partial charge in [-0.3, -0.25) is 8.75 Å². The van der Waals surface area contributed by atoms with Crippen molar-refractivity contribution >= 4 is 17.4 Å². The zero-order chi connectivity index (χ0) is 20.2. The lowest BCUT2D eigenvalue weighted by atomic mass is 10.1. The number of rotatable bonds is 6. The molecule has 27 heavy (non-hydrogen) atoms. The van der Waals surface area contributed by atoms with Gasteiger partial charge in [0.25, 0.3) is 12.3 Å². The average molecular weight is 397 g/mol. The minimum Gasteiger partial charge on any atom is -0.496 e. The van der Waals surface area contributed by atoms with Crippen LogP contribution in [0.5, 0.6) is 5.75 Å². The number of halogens is 2. The lowest BCUT2D eigenvalue weighted by Gasteiger charge is -2.19. The average Bonchev–Trinajstić information content (AvgIpc) is 3.02. The lowest BCUT2D eigenvalue weighted by Crippen LogP contribution is -2.18. The van der Waals surface area contributed by atoms with Crippen LogP contribution in [-0.2, 0) is 12.0 Å². The van der Waals surface area contributed by atoms with Crippen LogP contribution in [0, 0.1) is 0 Å². The van der Waals surface area contributed by atoms with Gasteiger partial charge in [-0.1, -0.05) is 13.3 Å². The second-order valence-corrected chi connectivity index (χ2v) is 8.29. The lowest BCUT2D eigenvalue weighted by molar-refractivity contribution is 0.0995. The number of nitrogens with zero attached hydrogens (tertiary/aromatic N) is 2. The molecule has 0 radical (unpaired) electrons. The van der Waals surface area contributed by atoms with Crippen molar-refractivity contribution in [3.8, 4) is 5.75 Å². The normalized spacial score (nSPS) is 12.7. The molecule has 0 N–H and O–H groups in total. The highest BCUT2D eigenvalue weighted by molar-refractivity contribution is 7.04. The molecular formula is C20H26F2N2O2S. The number of methoxy groups -OCH3 is 1. The summed E-state index contributed by atoms with van der Waals surface area (Å²) in [6.07, 6.45) is 2.20. The van der Waals surface area contributed by atoms with Crippen LogP contribution in [0.3, 0.4) is 0 Å². The molecule has 4 nitrogen and oxygen atoms in total. The van der Waals surface area contributed by atoms with E-state index < -0.39 is 12.3 Å². The van der Waals surface area contributed by atoms with Crippen LogP contribution in [-0.4, -0.2) is 17.0 Å². The Labute approximate surface area is 162 Å². The number of benzene rings is 1. The third kappa shape index (κ3) is 5.25. The number of aromatic nitrogens is 1. The van der Waals surface area contributed by atoms with E-state index in [9.17, 15) is 13.6 Å². The van der Waals surface area contributed by atoms with Crippen molar-refractivity contribution in [3.63, 3.8) is 0 Å². The number of aryl methyl sites for hydroxylation is 1. The van der Waals surface area contributed by atoms with Crippen LogP contribution in [0.1, 0.15) is 68.4 Å². The topological polar surface area (TPSA) is 43.6 Å². The fourth-order valence-electron chi connectivity index (χ4n) is 2.52. The van der Waals surface area contributed by atoms with Gasteiger partial charge in [0, 0.05) is 22.9 Å². The smallest absolute Gasteiger partial charge is 0.282 e. The summed E-state index contributed by atoms with van der Waals surface area (Å²) >= 11 is 1.40. The zero-order valence-corrected chi connectivity index (χ0v) is 17.2. The number of alkyl halides is 2. The summed E-state index contributed by atoms with van der Waals surface area (Å²) in [5.41, 5.74) is 0.688. The molecule has 7 heteroatoms. The molecule has 0 aliphatic rings. The van der Waals surface area contributed by atoms with E-state index in [-0.39, 0.29) is 22.4 Å². The first-order valence-corrected chi connectivity index (χ1v) is 9.72. The fourth-order valence-corrected chi connectivity index (χ4v) is 3.55. The Morgan fingerprint density at radius 3 is 2.59 bits per heavy atom. The van der Waals surface area contributed by atoms with Gasteiger partial charge in [0.15, 0.2) is 0 Å². The first-order chi connectivity index (χ1) is 12.7. The molecule has 0 saturated heterocycles. The van der Waals surface area contributed by atoms with Crippen LogP contribution < -0.4 is 9.41 Å². The predicted molar refractivity (Wildman–Crippen MR) is 104 cm³/mol. The van der Waals surface area contributed by atoms with Gasteiger partial charge in [-0.05, 0) is 63.3 Å². The molecule has 0 bridgehead atoms. The molecule has 2 rings (SSSR count). The van der Waals surface area contributed by atoms with Gasteiger partial charge in [-0.2, -0.15) is 4.99 Å². The molecule has 0 unspecified atom stereocenters. The molecule has 0 spiro atoms. The maximum atomic E-state index is 13.0. The third-order valence-electron chi connectivity index (χ3n) is 4.10. The Kier molecular flexibility index (Phi) is 6.92. The Morgan fingerprint density at radius 1 is 1.33 bits per heavy atom. The second-order valence-electron chi connectivity index (χ2n) is 7.33. The van der Waals surface area contributed by atoms with Crippen molar-refractivity contribution in [1.29, 1.82) is 0 Å². The van der Waals surface area contributed by atoms with Crippen molar-refractivity contribution in [2.24, 2.45) is 4.99 Å². The Hall–Kier alpha value is -2.02. The highest BCUT2D eigenvalue weighted by Crippen LogP contribution is 2.26. The molecule has 148 valence electrons. The Morgan fingerprint density at radius 2 is 2.04 bits per heavy atom. The quantitative estimate of drug-likeness (QED) is 0.662. The number of hydrogen-bond acceptors (Lipinski definition) is 3. The van der Waals surface area contributed by atoms with Crippen molar-refractivity contribution < 1.29 is 18.3 Å². The van der Waals surface area contributed by atoms with Gasteiger partial charge in [-0.25, -0.2) is 8.78 Å². The van der Waals surface area contributed by atoms with Crippen molar-refractivity contribution in [3.05, 3.63) is 45.8 Å². The summed E-state index contributed by atoms with van der Waals surface area (Å²) in [5.74, 6) is -0.335. The first kappa shape index (κ1) is 21.3. The summed E-state index contributed by atoms with van der Waals surface area (Å²) in [7, 11) is 1.40. The van der Waals surface area contributed by atoms with E-state index in [1.54, 1.807) is 0 Å². The van der Waals surface area contributed by atoms with Crippen molar-refractivity contribution in [2.45, 2.75) is 58.9 Å². The van der Waals surface area contributed by atoms with Crippen molar-refractivity contribution in [1.82, 2.24) is 3.96 Å². The van der Waals surface area contributed by atoms with E-state index in [0.29, 0.717) is 4.67 Å². The predicted octanol–water partition coefficient (Wildman–Crippen LogP) is 5.33. The van der Waals surface area contributed by atoms with Crippen LogP contribution >= 0.6 is 11.5 Å². The highest BCUT2D eigenvalue weighted by atomic mass is 32.1. The molecule has 1 heterocycles. The second kappa shape index (κ2) is 8.78. The zero-order valence-electron chi connectivity index (χ0n) is 16.4. The third-order valence-corrected chi connectivity index (χ3v) is 5.48. The highest BCUT2D eigenvalue weighted by Gasteiger charge is 2.19. The van der Waals surface area contributed by atoms with E-state index in [1.165, 1.54) is 30.8 Å². The van der Waals surface area contributed by atoms with E-state index in [1.807, 2.05) is 6.20 Å². The maximum Gasteiger partial charge on any atom is 0.282 e. The van der Waals surface area contributed by atoms with Crippen LogP contribution in [0.4, 0.5) is 8.78 Å². The molecule has 1 amide bonds. The summed E-state index contributed by atoms with van der Waals surface area (Å²) < 4.78 is 33.9. The summed E-state index contributed by atoms with van der Waals surface area (Å²) in [5, 5.41) is 0. The van der Waals surface area contributed by atoms with Crippen LogP contribution in [0.25, 0.3) is 0 Å². The fraction of sp³-hybridized carbons (Fsp3) is 0.500. The first-order valence-electron chi connectivity index (χ1n) is 8.94. The molecule has 0 atom stereocenters. The monoisotopic (exact) mass is 396 g/mol.